The van der Waals surface area contributed by atoms with E-state index < -0.39 is 0 Å². The fourth-order valence-corrected chi connectivity index (χ4v) is 2.43. The monoisotopic (exact) mass is 237 g/mol. The summed E-state index contributed by atoms with van der Waals surface area (Å²) in [6.45, 7) is 5.17. The van der Waals surface area contributed by atoms with Crippen LogP contribution in [-0.4, -0.2) is 42.0 Å². The summed E-state index contributed by atoms with van der Waals surface area (Å²) >= 11 is 1.65. The van der Waals surface area contributed by atoms with Crippen molar-refractivity contribution in [1.29, 1.82) is 0 Å². The van der Waals surface area contributed by atoms with E-state index in [2.05, 4.69) is 9.88 Å². The van der Waals surface area contributed by atoms with E-state index in [-0.39, 0.29) is 5.91 Å². The van der Waals surface area contributed by atoms with E-state index in [0.717, 1.165) is 31.3 Å². The van der Waals surface area contributed by atoms with E-state index in [4.69, 9.17) is 0 Å². The van der Waals surface area contributed by atoms with Crippen molar-refractivity contribution in [2.24, 2.45) is 0 Å². The predicted molar refractivity (Wildman–Crippen MR) is 65.7 cm³/mol. The summed E-state index contributed by atoms with van der Waals surface area (Å²) in [7, 11) is 0. The van der Waals surface area contributed by atoms with Crippen molar-refractivity contribution in [3.05, 3.63) is 23.7 Å². The van der Waals surface area contributed by atoms with Gasteiger partial charge in [0.1, 0.15) is 0 Å². The van der Waals surface area contributed by atoms with Crippen LogP contribution in [0.5, 0.6) is 0 Å². The Morgan fingerprint density at radius 1 is 1.44 bits per heavy atom. The highest BCUT2D eigenvalue weighted by Crippen LogP contribution is 2.18. The van der Waals surface area contributed by atoms with Crippen molar-refractivity contribution < 1.29 is 4.79 Å². The Kier molecular flexibility index (Phi) is 3.56. The molecule has 16 heavy (non-hydrogen) atoms. The molecule has 0 atom stereocenters. The maximum Gasteiger partial charge on any atom is 0.246 e. The molecule has 0 saturated carbocycles. The van der Waals surface area contributed by atoms with Gasteiger partial charge in [0.25, 0.3) is 0 Å². The zero-order valence-electron chi connectivity index (χ0n) is 9.30. The largest absolute Gasteiger partial charge is 0.345 e. The average Bonchev–Trinajstić information content (AvgIpc) is 2.83. The molecule has 0 N–H and O–H groups in total. The van der Waals surface area contributed by atoms with E-state index >= 15 is 0 Å². The smallest absolute Gasteiger partial charge is 0.246 e. The van der Waals surface area contributed by atoms with Crippen LogP contribution in [0.15, 0.2) is 23.7 Å². The summed E-state index contributed by atoms with van der Waals surface area (Å²) < 4.78 is 0. The molecule has 4 nitrogen and oxygen atoms in total. The number of amides is 1. The predicted octanol–water partition coefficient (Wildman–Crippen LogP) is 1.37. The molecule has 0 aliphatic carbocycles. The number of aromatic nitrogens is 1. The van der Waals surface area contributed by atoms with Crippen molar-refractivity contribution in [2.75, 3.05) is 31.1 Å². The number of carbonyl (C=O) groups excluding carboxylic acids is 1. The molecule has 86 valence electrons. The summed E-state index contributed by atoms with van der Waals surface area (Å²) in [5.41, 5.74) is 0. The molecule has 5 heteroatoms. The first-order valence-corrected chi connectivity index (χ1v) is 6.25. The molecule has 0 radical (unpaired) electrons. The maximum atomic E-state index is 11.6. The second-order valence-electron chi connectivity index (χ2n) is 3.63. The van der Waals surface area contributed by atoms with Crippen LogP contribution in [0.1, 0.15) is 6.92 Å². The summed E-state index contributed by atoms with van der Waals surface area (Å²) in [4.78, 5) is 20.0. The SMILES string of the molecule is CC=CC(=O)N1CCN(c2nccs2)CC1. The first-order chi connectivity index (χ1) is 7.81. The summed E-state index contributed by atoms with van der Waals surface area (Å²) in [6, 6.07) is 0. The van der Waals surface area contributed by atoms with Crippen molar-refractivity contribution in [2.45, 2.75) is 6.92 Å². The molecule has 0 unspecified atom stereocenters. The quantitative estimate of drug-likeness (QED) is 0.729. The van der Waals surface area contributed by atoms with Crippen molar-refractivity contribution in [1.82, 2.24) is 9.88 Å². The van der Waals surface area contributed by atoms with Gasteiger partial charge in [0, 0.05) is 37.8 Å². The number of hydrogen-bond donors (Lipinski definition) is 0. The second kappa shape index (κ2) is 5.12. The van der Waals surface area contributed by atoms with Gasteiger partial charge >= 0.3 is 0 Å². The Bertz CT molecular complexity index is 367. The van der Waals surface area contributed by atoms with Crippen LogP contribution >= 0.6 is 11.3 Å². The highest BCUT2D eigenvalue weighted by Gasteiger charge is 2.20. The Hall–Kier alpha value is -1.36. The summed E-state index contributed by atoms with van der Waals surface area (Å²) in [5.74, 6) is 0.112. The van der Waals surface area contributed by atoms with E-state index in [0.29, 0.717) is 0 Å². The van der Waals surface area contributed by atoms with E-state index in [1.165, 1.54) is 0 Å². The van der Waals surface area contributed by atoms with E-state index in [1.807, 2.05) is 23.4 Å². The van der Waals surface area contributed by atoms with Gasteiger partial charge in [-0.1, -0.05) is 6.08 Å². The molecule has 0 spiro atoms. The first-order valence-electron chi connectivity index (χ1n) is 5.37. The summed E-state index contributed by atoms with van der Waals surface area (Å²) in [5, 5.41) is 3.03. The molecular formula is C11H15N3OS. The number of rotatable bonds is 2. The number of hydrogen-bond acceptors (Lipinski definition) is 4. The van der Waals surface area contributed by atoms with Crippen LogP contribution in [-0.2, 0) is 4.79 Å². The molecular weight excluding hydrogens is 222 g/mol. The molecule has 1 aliphatic rings. The Labute approximate surface area is 99.2 Å². The first kappa shape index (κ1) is 11.1. The van der Waals surface area contributed by atoms with Crippen molar-refractivity contribution in [3.63, 3.8) is 0 Å². The van der Waals surface area contributed by atoms with Gasteiger partial charge in [-0.3, -0.25) is 4.79 Å². The van der Waals surface area contributed by atoms with Gasteiger partial charge < -0.3 is 9.80 Å². The highest BCUT2D eigenvalue weighted by molar-refractivity contribution is 7.13. The molecule has 1 aromatic heterocycles. The third kappa shape index (κ3) is 2.41. The molecule has 0 bridgehead atoms. The van der Waals surface area contributed by atoms with Crippen LogP contribution in [0.3, 0.4) is 0 Å². The van der Waals surface area contributed by atoms with Gasteiger partial charge in [-0.25, -0.2) is 4.98 Å². The van der Waals surface area contributed by atoms with Crippen molar-refractivity contribution >= 4 is 22.4 Å². The zero-order valence-corrected chi connectivity index (χ0v) is 10.1. The standard InChI is InChI=1S/C11H15N3OS/c1-2-3-10(15)13-5-7-14(8-6-13)11-12-4-9-16-11/h2-4,9H,5-8H2,1H3. The Balaban J connectivity index is 1.90. The Morgan fingerprint density at radius 3 is 2.75 bits per heavy atom. The molecule has 0 aromatic carbocycles. The molecule has 1 amide bonds. The maximum absolute atomic E-state index is 11.6. The van der Waals surface area contributed by atoms with Gasteiger partial charge in [-0.05, 0) is 13.0 Å². The molecule has 1 fully saturated rings. The minimum Gasteiger partial charge on any atom is -0.345 e. The third-order valence-corrected chi connectivity index (χ3v) is 3.42. The van der Waals surface area contributed by atoms with Crippen LogP contribution in [0.25, 0.3) is 0 Å². The molecule has 2 rings (SSSR count). The number of allylic oxidation sites excluding steroid dienone is 1. The molecule has 1 aromatic rings. The number of thiazole rings is 1. The molecule has 1 saturated heterocycles. The normalized spacial score (nSPS) is 17.1. The lowest BCUT2D eigenvalue weighted by atomic mass is 10.3. The fourth-order valence-electron chi connectivity index (χ4n) is 1.74. The molecule has 1 aliphatic heterocycles. The number of piperazine rings is 1. The van der Waals surface area contributed by atoms with E-state index in [9.17, 15) is 4.79 Å². The van der Waals surface area contributed by atoms with Gasteiger partial charge in [-0.15, -0.1) is 11.3 Å². The lowest BCUT2D eigenvalue weighted by molar-refractivity contribution is -0.126. The van der Waals surface area contributed by atoms with Crippen LogP contribution in [0.2, 0.25) is 0 Å². The van der Waals surface area contributed by atoms with Gasteiger partial charge in [0.2, 0.25) is 5.91 Å². The second-order valence-corrected chi connectivity index (χ2v) is 4.50. The summed E-state index contributed by atoms with van der Waals surface area (Å²) in [6.07, 6.45) is 5.23. The number of anilines is 1. The molecule has 2 heterocycles. The van der Waals surface area contributed by atoms with Crippen LogP contribution in [0.4, 0.5) is 5.13 Å². The van der Waals surface area contributed by atoms with Crippen LogP contribution in [0, 0.1) is 0 Å². The zero-order chi connectivity index (χ0) is 11.4. The Morgan fingerprint density at radius 2 is 2.19 bits per heavy atom. The fraction of sp³-hybridized carbons (Fsp3) is 0.455. The average molecular weight is 237 g/mol. The number of carbonyl (C=O) groups is 1. The topological polar surface area (TPSA) is 36.4 Å². The lowest BCUT2D eigenvalue weighted by Crippen LogP contribution is -2.48. The highest BCUT2D eigenvalue weighted by atomic mass is 32.1. The minimum absolute atomic E-state index is 0.112. The van der Waals surface area contributed by atoms with Gasteiger partial charge in [-0.2, -0.15) is 0 Å². The van der Waals surface area contributed by atoms with Gasteiger partial charge in [0.15, 0.2) is 5.13 Å². The lowest BCUT2D eigenvalue weighted by Gasteiger charge is -2.34. The van der Waals surface area contributed by atoms with Gasteiger partial charge in [0.05, 0.1) is 0 Å². The van der Waals surface area contributed by atoms with E-state index in [1.54, 1.807) is 23.5 Å². The van der Waals surface area contributed by atoms with Crippen LogP contribution < -0.4 is 4.90 Å². The third-order valence-electron chi connectivity index (χ3n) is 2.59. The number of nitrogens with zero attached hydrogens (tertiary/aromatic N) is 3. The van der Waals surface area contributed by atoms with Crippen molar-refractivity contribution in [3.8, 4) is 0 Å². The minimum atomic E-state index is 0.112.